The monoisotopic (exact) mass is 514 g/mol. The molecule has 0 heterocycles. The summed E-state index contributed by atoms with van der Waals surface area (Å²) in [6.07, 6.45) is 0. The van der Waals surface area contributed by atoms with E-state index in [2.05, 4.69) is 166 Å². The first-order chi connectivity index (χ1) is 19.6. The van der Waals surface area contributed by atoms with Crippen molar-refractivity contribution in [1.29, 1.82) is 0 Å². The maximum Gasteiger partial charge on any atom is -0.0143 e. The van der Waals surface area contributed by atoms with Gasteiger partial charge in [0.1, 0.15) is 0 Å². The highest BCUT2D eigenvalue weighted by Gasteiger charge is 2.17. The summed E-state index contributed by atoms with van der Waals surface area (Å²) < 4.78 is 0. The second kappa shape index (κ2) is 11.2. The lowest BCUT2D eigenvalue weighted by Gasteiger charge is -2.21. The Labute approximate surface area is 238 Å². The first-order valence-corrected chi connectivity index (χ1v) is 14.1. The van der Waals surface area contributed by atoms with Gasteiger partial charge in [-0.3, -0.25) is 0 Å². The highest BCUT2D eigenvalue weighted by atomic mass is 14.2. The molecule has 0 heteroatoms. The topological polar surface area (TPSA) is 0 Å². The van der Waals surface area contributed by atoms with Gasteiger partial charge in [-0.2, -0.15) is 0 Å². The van der Waals surface area contributed by atoms with Crippen molar-refractivity contribution >= 4 is 0 Å². The molecule has 0 aliphatic heterocycles. The Hall–Kier alpha value is -4.68. The van der Waals surface area contributed by atoms with Crippen molar-refractivity contribution < 1.29 is 0 Å². The summed E-state index contributed by atoms with van der Waals surface area (Å²) in [5.74, 6) is 0.354. The summed E-state index contributed by atoms with van der Waals surface area (Å²) in [6, 6.07) is 52.9. The molecule has 0 nitrogen and oxygen atoms in total. The van der Waals surface area contributed by atoms with E-state index >= 15 is 0 Å². The Morgan fingerprint density at radius 1 is 0.350 bits per heavy atom. The zero-order valence-electron chi connectivity index (χ0n) is 23.4. The lowest BCUT2D eigenvalue weighted by Crippen LogP contribution is -1.98. The molecule has 0 spiro atoms. The van der Waals surface area contributed by atoms with Crippen LogP contribution in [0.4, 0.5) is 0 Å². The number of benzene rings is 6. The Balaban J connectivity index is 1.56. The van der Waals surface area contributed by atoms with Gasteiger partial charge in [0, 0.05) is 0 Å². The summed E-state index contributed by atoms with van der Waals surface area (Å²) in [4.78, 5) is 0. The second-order valence-electron chi connectivity index (χ2n) is 10.9. The van der Waals surface area contributed by atoms with Gasteiger partial charge in [-0.15, -0.1) is 0 Å². The fourth-order valence-electron chi connectivity index (χ4n) is 5.80. The average molecular weight is 515 g/mol. The SMILES string of the molecule is Cc1cc(-c2ccccc2)cc(-c2cccc(-c3cc(-c4ccccc4)cc(-c4ccccc4)c3)c2C(C)C)c1. The third kappa shape index (κ3) is 5.26. The van der Waals surface area contributed by atoms with Crippen LogP contribution in [0.5, 0.6) is 0 Å². The van der Waals surface area contributed by atoms with E-state index in [0.29, 0.717) is 5.92 Å². The van der Waals surface area contributed by atoms with Crippen molar-refractivity contribution in [2.45, 2.75) is 26.7 Å². The zero-order chi connectivity index (χ0) is 27.5. The molecule has 0 aliphatic carbocycles. The molecule has 0 saturated carbocycles. The van der Waals surface area contributed by atoms with Gasteiger partial charge in [0.05, 0.1) is 0 Å². The Kier molecular flexibility index (Phi) is 7.17. The van der Waals surface area contributed by atoms with Crippen LogP contribution in [-0.2, 0) is 0 Å². The molecule has 0 aromatic heterocycles. The lowest BCUT2D eigenvalue weighted by molar-refractivity contribution is 0.871. The van der Waals surface area contributed by atoms with Crippen LogP contribution in [-0.4, -0.2) is 0 Å². The Morgan fingerprint density at radius 2 is 0.700 bits per heavy atom. The van der Waals surface area contributed by atoms with E-state index in [9.17, 15) is 0 Å². The standard InChI is InChI=1S/C40H34/c1-28(2)40-38(36-23-29(3)22-33(25-36)30-14-7-4-8-15-30)20-13-21-39(40)37-26-34(31-16-9-5-10-17-31)24-35(27-37)32-18-11-6-12-19-32/h4-28H,1-3H3. The zero-order valence-corrected chi connectivity index (χ0v) is 23.4. The van der Waals surface area contributed by atoms with Crippen molar-refractivity contribution in [2.75, 3.05) is 0 Å². The van der Waals surface area contributed by atoms with Crippen LogP contribution in [0.2, 0.25) is 0 Å². The van der Waals surface area contributed by atoms with E-state index < -0.39 is 0 Å². The molecule has 0 saturated heterocycles. The predicted molar refractivity (Wildman–Crippen MR) is 172 cm³/mol. The molecule has 0 N–H and O–H groups in total. The van der Waals surface area contributed by atoms with Crippen LogP contribution in [0.25, 0.3) is 55.6 Å². The minimum atomic E-state index is 0.354. The van der Waals surface area contributed by atoms with Crippen LogP contribution >= 0.6 is 0 Å². The molecule has 0 unspecified atom stereocenters. The third-order valence-electron chi connectivity index (χ3n) is 7.64. The van der Waals surface area contributed by atoms with Gasteiger partial charge in [0.2, 0.25) is 0 Å². The van der Waals surface area contributed by atoms with Crippen LogP contribution in [0.15, 0.2) is 146 Å². The molecule has 6 aromatic rings. The van der Waals surface area contributed by atoms with Crippen LogP contribution < -0.4 is 0 Å². The summed E-state index contributed by atoms with van der Waals surface area (Å²) >= 11 is 0. The van der Waals surface area contributed by atoms with Gasteiger partial charge in [-0.1, -0.05) is 135 Å². The van der Waals surface area contributed by atoms with Gasteiger partial charge >= 0.3 is 0 Å². The predicted octanol–water partition coefficient (Wildman–Crippen LogP) is 11.5. The van der Waals surface area contributed by atoms with Gasteiger partial charge in [0.25, 0.3) is 0 Å². The van der Waals surface area contributed by atoms with Crippen molar-refractivity contribution in [2.24, 2.45) is 0 Å². The van der Waals surface area contributed by atoms with E-state index in [1.54, 1.807) is 0 Å². The smallest absolute Gasteiger partial charge is 0.0143 e. The number of hydrogen-bond donors (Lipinski definition) is 0. The fourth-order valence-corrected chi connectivity index (χ4v) is 5.80. The van der Waals surface area contributed by atoms with Crippen molar-refractivity contribution in [3.63, 3.8) is 0 Å². The quantitative estimate of drug-likeness (QED) is 0.207. The number of hydrogen-bond acceptors (Lipinski definition) is 0. The minimum absolute atomic E-state index is 0.354. The van der Waals surface area contributed by atoms with Gasteiger partial charge in [-0.25, -0.2) is 0 Å². The van der Waals surface area contributed by atoms with E-state index in [-0.39, 0.29) is 0 Å². The minimum Gasteiger partial charge on any atom is -0.0622 e. The molecular weight excluding hydrogens is 480 g/mol. The van der Waals surface area contributed by atoms with E-state index in [0.717, 1.165) is 0 Å². The van der Waals surface area contributed by atoms with Gasteiger partial charge in [-0.05, 0) is 104 Å². The molecule has 0 fully saturated rings. The van der Waals surface area contributed by atoms with Crippen molar-refractivity contribution in [1.82, 2.24) is 0 Å². The van der Waals surface area contributed by atoms with Crippen LogP contribution in [0.3, 0.4) is 0 Å². The molecule has 6 aromatic carbocycles. The van der Waals surface area contributed by atoms with Gasteiger partial charge < -0.3 is 0 Å². The molecule has 0 radical (unpaired) electrons. The third-order valence-corrected chi connectivity index (χ3v) is 7.64. The molecule has 0 aliphatic rings. The highest BCUT2D eigenvalue weighted by molar-refractivity contribution is 5.86. The average Bonchev–Trinajstić information content (AvgIpc) is 3.01. The first kappa shape index (κ1) is 25.6. The summed E-state index contributed by atoms with van der Waals surface area (Å²) in [6.45, 7) is 6.83. The summed E-state index contributed by atoms with van der Waals surface area (Å²) in [7, 11) is 0. The fraction of sp³-hybridized carbons (Fsp3) is 0.100. The highest BCUT2D eigenvalue weighted by Crippen LogP contribution is 2.41. The Bertz CT molecular complexity index is 1690. The van der Waals surface area contributed by atoms with E-state index in [1.165, 1.54) is 66.8 Å². The lowest BCUT2D eigenvalue weighted by atomic mass is 9.83. The van der Waals surface area contributed by atoms with Crippen molar-refractivity contribution in [3.05, 3.63) is 157 Å². The van der Waals surface area contributed by atoms with Crippen molar-refractivity contribution in [3.8, 4) is 55.6 Å². The second-order valence-corrected chi connectivity index (χ2v) is 10.9. The molecule has 194 valence electrons. The molecule has 0 bridgehead atoms. The molecule has 0 amide bonds. The molecule has 0 atom stereocenters. The molecular formula is C40H34. The summed E-state index contributed by atoms with van der Waals surface area (Å²) in [5, 5.41) is 0. The van der Waals surface area contributed by atoms with Gasteiger partial charge in [0.15, 0.2) is 0 Å². The summed E-state index contributed by atoms with van der Waals surface area (Å²) in [5.41, 5.74) is 15.2. The van der Waals surface area contributed by atoms with E-state index in [4.69, 9.17) is 0 Å². The molecule has 40 heavy (non-hydrogen) atoms. The number of rotatable bonds is 6. The molecule has 6 rings (SSSR count). The Morgan fingerprint density at radius 3 is 1.12 bits per heavy atom. The maximum atomic E-state index is 2.36. The van der Waals surface area contributed by atoms with E-state index in [1.807, 2.05) is 0 Å². The van der Waals surface area contributed by atoms with Crippen LogP contribution in [0.1, 0.15) is 30.9 Å². The normalized spacial score (nSPS) is 11.1. The largest absolute Gasteiger partial charge is 0.0622 e. The number of aryl methyl sites for hydroxylation is 1. The van der Waals surface area contributed by atoms with Crippen LogP contribution in [0, 0.1) is 6.92 Å². The first-order valence-electron chi connectivity index (χ1n) is 14.1. The maximum absolute atomic E-state index is 2.36.